The van der Waals surface area contributed by atoms with Crippen molar-refractivity contribution in [3.05, 3.63) is 60.2 Å². The van der Waals surface area contributed by atoms with Crippen LogP contribution in [0.25, 0.3) is 0 Å². The number of nitrogens with zero attached hydrogens (tertiary/aromatic N) is 1. The Balaban J connectivity index is 1.58. The van der Waals surface area contributed by atoms with E-state index in [2.05, 4.69) is 17.1 Å². The number of ether oxygens (including phenoxy) is 1. The first-order valence-corrected chi connectivity index (χ1v) is 9.59. The second kappa shape index (κ2) is 9.33. The lowest BCUT2D eigenvalue weighted by Gasteiger charge is -2.33. The van der Waals surface area contributed by atoms with Crippen LogP contribution >= 0.6 is 0 Å². The average molecular weight is 366 g/mol. The van der Waals surface area contributed by atoms with E-state index < -0.39 is 0 Å². The summed E-state index contributed by atoms with van der Waals surface area (Å²) < 4.78 is 5.58. The molecule has 1 fully saturated rings. The van der Waals surface area contributed by atoms with Crippen LogP contribution < -0.4 is 10.1 Å². The number of amides is 1. The molecule has 2 aromatic carbocycles. The van der Waals surface area contributed by atoms with Crippen LogP contribution in [0, 0.1) is 0 Å². The Morgan fingerprint density at radius 2 is 1.81 bits per heavy atom. The van der Waals surface area contributed by atoms with Crippen molar-refractivity contribution in [2.24, 2.45) is 0 Å². The van der Waals surface area contributed by atoms with E-state index >= 15 is 0 Å². The number of piperidine rings is 1. The van der Waals surface area contributed by atoms with Crippen LogP contribution in [0.15, 0.2) is 54.6 Å². The van der Waals surface area contributed by atoms with Crippen molar-refractivity contribution in [1.82, 2.24) is 4.90 Å². The van der Waals surface area contributed by atoms with Crippen molar-refractivity contribution in [3.8, 4) is 5.75 Å². The highest BCUT2D eigenvalue weighted by Gasteiger charge is 2.29. The Morgan fingerprint density at radius 3 is 2.52 bits per heavy atom. The topological polar surface area (TPSA) is 58.6 Å². The minimum absolute atomic E-state index is 0.156. The van der Waals surface area contributed by atoms with Gasteiger partial charge in [0, 0.05) is 11.3 Å². The molecule has 1 heterocycles. The summed E-state index contributed by atoms with van der Waals surface area (Å²) in [6, 6.07) is 15.8. The van der Waals surface area contributed by atoms with Gasteiger partial charge < -0.3 is 10.1 Å². The number of carbonyl (C=O) groups is 2. The molecule has 2 aromatic rings. The molecule has 1 saturated heterocycles. The Bertz CT molecular complexity index is 757. The zero-order valence-electron chi connectivity index (χ0n) is 15.7. The predicted octanol–water partition coefficient (Wildman–Crippen LogP) is 4.11. The highest BCUT2D eigenvalue weighted by Crippen LogP contribution is 2.21. The van der Waals surface area contributed by atoms with Gasteiger partial charge in [0.2, 0.25) is 0 Å². The van der Waals surface area contributed by atoms with E-state index in [0.29, 0.717) is 17.0 Å². The third kappa shape index (κ3) is 5.17. The van der Waals surface area contributed by atoms with Crippen molar-refractivity contribution in [1.29, 1.82) is 0 Å². The summed E-state index contributed by atoms with van der Waals surface area (Å²) in [6.07, 6.45) is 4.08. The van der Waals surface area contributed by atoms with Gasteiger partial charge in [-0.15, -0.1) is 0 Å². The van der Waals surface area contributed by atoms with Crippen molar-refractivity contribution in [2.45, 2.75) is 38.6 Å². The molecule has 0 bridgehead atoms. The Hall–Kier alpha value is -2.66. The van der Waals surface area contributed by atoms with Gasteiger partial charge in [0.15, 0.2) is 0 Å². The molecule has 27 heavy (non-hydrogen) atoms. The number of rotatable bonds is 6. The number of hydrogen-bond donors (Lipinski definition) is 1. The summed E-state index contributed by atoms with van der Waals surface area (Å²) in [6.45, 7) is 4.00. The maximum absolute atomic E-state index is 12.6. The number of likely N-dealkylation sites (tertiary alicyclic amines) is 1. The molecule has 1 N–H and O–H groups in total. The number of benzene rings is 2. The fourth-order valence-corrected chi connectivity index (χ4v) is 3.40. The number of hydrogen-bond acceptors (Lipinski definition) is 4. The highest BCUT2D eigenvalue weighted by atomic mass is 16.5. The standard InChI is InChI=1S/C22H26N2O3/c1-2-15-24-16-7-6-10-20(24)22(26)27-19-13-11-18(12-14-19)23-21(25)17-8-4-3-5-9-17/h3-5,8-9,11-14,20H,2,6-7,10,15-16H2,1H3,(H,23,25). The minimum atomic E-state index is -0.191. The predicted molar refractivity (Wildman–Crippen MR) is 106 cm³/mol. The molecule has 0 aromatic heterocycles. The molecule has 1 amide bonds. The molecule has 1 unspecified atom stereocenters. The largest absolute Gasteiger partial charge is 0.425 e. The van der Waals surface area contributed by atoms with Crippen molar-refractivity contribution < 1.29 is 14.3 Å². The molecular formula is C22H26N2O3. The van der Waals surface area contributed by atoms with Gasteiger partial charge in [-0.05, 0) is 68.8 Å². The highest BCUT2D eigenvalue weighted by molar-refractivity contribution is 6.04. The van der Waals surface area contributed by atoms with E-state index in [1.807, 2.05) is 18.2 Å². The zero-order chi connectivity index (χ0) is 19.1. The quantitative estimate of drug-likeness (QED) is 0.617. The molecule has 142 valence electrons. The Morgan fingerprint density at radius 1 is 1.07 bits per heavy atom. The van der Waals surface area contributed by atoms with E-state index in [-0.39, 0.29) is 17.9 Å². The van der Waals surface area contributed by atoms with Gasteiger partial charge in [-0.2, -0.15) is 0 Å². The smallest absolute Gasteiger partial charge is 0.328 e. The fourth-order valence-electron chi connectivity index (χ4n) is 3.40. The van der Waals surface area contributed by atoms with Gasteiger partial charge in [-0.1, -0.05) is 31.5 Å². The normalized spacial score (nSPS) is 17.3. The lowest BCUT2D eigenvalue weighted by molar-refractivity contribution is -0.141. The SMILES string of the molecule is CCCN1CCCCC1C(=O)Oc1ccc(NC(=O)c2ccccc2)cc1. The number of esters is 1. The molecule has 5 nitrogen and oxygen atoms in total. The lowest BCUT2D eigenvalue weighted by atomic mass is 10.0. The third-order valence-corrected chi connectivity index (χ3v) is 4.76. The molecule has 0 saturated carbocycles. The summed E-state index contributed by atoms with van der Waals surface area (Å²) in [5.41, 5.74) is 1.26. The second-order valence-corrected chi connectivity index (χ2v) is 6.81. The molecule has 0 aliphatic carbocycles. The van der Waals surface area contributed by atoms with Crippen molar-refractivity contribution in [3.63, 3.8) is 0 Å². The summed E-state index contributed by atoms with van der Waals surface area (Å²) in [5.74, 6) is 0.140. The molecular weight excluding hydrogens is 340 g/mol. The first-order valence-electron chi connectivity index (χ1n) is 9.59. The molecule has 3 rings (SSSR count). The first-order chi connectivity index (χ1) is 13.2. The summed E-state index contributed by atoms with van der Waals surface area (Å²) in [5, 5.41) is 2.84. The maximum atomic E-state index is 12.6. The van der Waals surface area contributed by atoms with Gasteiger partial charge in [-0.3, -0.25) is 9.69 Å². The molecule has 1 atom stereocenters. The van der Waals surface area contributed by atoms with Crippen LogP contribution in [0.1, 0.15) is 43.0 Å². The molecule has 1 aliphatic heterocycles. The molecule has 1 aliphatic rings. The van der Waals surface area contributed by atoms with Gasteiger partial charge in [0.05, 0.1) is 0 Å². The van der Waals surface area contributed by atoms with Gasteiger partial charge in [0.25, 0.3) is 5.91 Å². The summed E-state index contributed by atoms with van der Waals surface area (Å²) in [7, 11) is 0. The Kier molecular flexibility index (Phi) is 6.60. The lowest BCUT2D eigenvalue weighted by Crippen LogP contribution is -2.46. The van der Waals surface area contributed by atoms with Gasteiger partial charge >= 0.3 is 5.97 Å². The van der Waals surface area contributed by atoms with Crippen LogP contribution in [0.4, 0.5) is 5.69 Å². The van der Waals surface area contributed by atoms with E-state index in [9.17, 15) is 9.59 Å². The van der Waals surface area contributed by atoms with E-state index in [1.54, 1.807) is 36.4 Å². The monoisotopic (exact) mass is 366 g/mol. The van der Waals surface area contributed by atoms with Gasteiger partial charge in [-0.25, -0.2) is 4.79 Å². The minimum Gasteiger partial charge on any atom is -0.425 e. The molecule has 5 heteroatoms. The van der Waals surface area contributed by atoms with Crippen molar-refractivity contribution in [2.75, 3.05) is 18.4 Å². The van der Waals surface area contributed by atoms with E-state index in [4.69, 9.17) is 4.74 Å². The molecule has 0 radical (unpaired) electrons. The molecule has 0 spiro atoms. The van der Waals surface area contributed by atoms with Crippen LogP contribution in [0.3, 0.4) is 0 Å². The third-order valence-electron chi connectivity index (χ3n) is 4.76. The van der Waals surface area contributed by atoms with Gasteiger partial charge in [0.1, 0.15) is 11.8 Å². The number of anilines is 1. The van der Waals surface area contributed by atoms with E-state index in [0.717, 1.165) is 38.8 Å². The zero-order valence-corrected chi connectivity index (χ0v) is 15.7. The van der Waals surface area contributed by atoms with Crippen molar-refractivity contribution >= 4 is 17.6 Å². The fraction of sp³-hybridized carbons (Fsp3) is 0.364. The Labute approximate surface area is 160 Å². The number of nitrogens with one attached hydrogen (secondary N) is 1. The van der Waals surface area contributed by atoms with Crippen LogP contribution in [-0.4, -0.2) is 35.9 Å². The average Bonchev–Trinajstić information content (AvgIpc) is 2.71. The summed E-state index contributed by atoms with van der Waals surface area (Å²) >= 11 is 0. The van der Waals surface area contributed by atoms with Crippen LogP contribution in [0.2, 0.25) is 0 Å². The van der Waals surface area contributed by atoms with Crippen LogP contribution in [0.5, 0.6) is 5.75 Å². The second-order valence-electron chi connectivity index (χ2n) is 6.81. The summed E-state index contributed by atoms with van der Waals surface area (Å²) in [4.78, 5) is 27.0. The van der Waals surface area contributed by atoms with Crippen LogP contribution in [-0.2, 0) is 4.79 Å². The first kappa shape index (κ1) is 19.1. The van der Waals surface area contributed by atoms with E-state index in [1.165, 1.54) is 0 Å². The maximum Gasteiger partial charge on any atom is 0.328 e. The number of carbonyl (C=O) groups excluding carboxylic acids is 2.